The molecule has 0 aliphatic heterocycles. The van der Waals surface area contributed by atoms with Gasteiger partial charge in [0, 0.05) is 18.5 Å². The highest BCUT2D eigenvalue weighted by Crippen LogP contribution is 2.26. The van der Waals surface area contributed by atoms with Gasteiger partial charge in [-0.3, -0.25) is 4.79 Å². The number of hydrogen-bond donors (Lipinski definition) is 2. The van der Waals surface area contributed by atoms with Gasteiger partial charge in [-0.1, -0.05) is 34.6 Å². The maximum Gasteiger partial charge on any atom is 0.220 e. The molecule has 20 heavy (non-hydrogen) atoms. The van der Waals surface area contributed by atoms with Crippen LogP contribution in [0.15, 0.2) is 0 Å². The number of amides is 1. The quantitative estimate of drug-likeness (QED) is 0.783. The van der Waals surface area contributed by atoms with E-state index in [1.165, 1.54) is 12.8 Å². The molecule has 118 valence electrons. The molecule has 1 aliphatic rings. The van der Waals surface area contributed by atoms with Gasteiger partial charge in [-0.25, -0.2) is 0 Å². The molecule has 0 bridgehead atoms. The lowest BCUT2D eigenvalue weighted by atomic mass is 9.84. The number of carbonyl (C=O) groups excluding carboxylic acids is 1. The van der Waals surface area contributed by atoms with E-state index in [0.717, 1.165) is 25.8 Å². The molecule has 0 aromatic carbocycles. The fraction of sp³-hybridized carbons (Fsp3) is 0.941. The molecular formula is C17H34N2O. The van der Waals surface area contributed by atoms with E-state index in [4.69, 9.17) is 0 Å². The highest BCUT2D eigenvalue weighted by Gasteiger charge is 2.23. The zero-order chi connectivity index (χ0) is 15.2. The van der Waals surface area contributed by atoms with Gasteiger partial charge < -0.3 is 10.6 Å². The second kappa shape index (κ2) is 8.02. The van der Waals surface area contributed by atoms with Crippen LogP contribution in [0.5, 0.6) is 0 Å². The topological polar surface area (TPSA) is 41.1 Å². The van der Waals surface area contributed by atoms with Crippen LogP contribution in [0.2, 0.25) is 0 Å². The summed E-state index contributed by atoms with van der Waals surface area (Å²) in [5.41, 5.74) is 0.309. The van der Waals surface area contributed by atoms with Crippen molar-refractivity contribution in [3.05, 3.63) is 0 Å². The van der Waals surface area contributed by atoms with Gasteiger partial charge in [0.05, 0.1) is 0 Å². The average Bonchev–Trinajstić information content (AvgIpc) is 2.29. The molecule has 3 nitrogen and oxygen atoms in total. The van der Waals surface area contributed by atoms with E-state index < -0.39 is 0 Å². The van der Waals surface area contributed by atoms with Crippen LogP contribution >= 0.6 is 0 Å². The highest BCUT2D eigenvalue weighted by molar-refractivity contribution is 5.76. The van der Waals surface area contributed by atoms with Gasteiger partial charge in [-0.05, 0) is 50.0 Å². The van der Waals surface area contributed by atoms with Gasteiger partial charge in [-0.15, -0.1) is 0 Å². The monoisotopic (exact) mass is 282 g/mol. The largest absolute Gasteiger partial charge is 0.353 e. The maximum atomic E-state index is 12.1. The number of carbonyl (C=O) groups is 1. The van der Waals surface area contributed by atoms with Crippen molar-refractivity contribution in [2.75, 3.05) is 6.54 Å². The standard InChI is InChI=1S/C17H34N2O/c1-6-18-14-7-9-15(10-8-14)19-16(20)11-13(2)12-17(3,4)5/h13-15,18H,6-12H2,1-5H3,(H,19,20). The van der Waals surface area contributed by atoms with Crippen molar-refractivity contribution in [3.8, 4) is 0 Å². The van der Waals surface area contributed by atoms with Gasteiger partial charge in [0.15, 0.2) is 0 Å². The molecule has 2 N–H and O–H groups in total. The van der Waals surface area contributed by atoms with Gasteiger partial charge >= 0.3 is 0 Å². The van der Waals surface area contributed by atoms with Crippen molar-refractivity contribution in [1.82, 2.24) is 10.6 Å². The summed E-state index contributed by atoms with van der Waals surface area (Å²) in [5.74, 6) is 0.710. The Morgan fingerprint density at radius 3 is 2.20 bits per heavy atom. The Kier molecular flexibility index (Phi) is 7.01. The zero-order valence-corrected chi connectivity index (χ0v) is 14.1. The molecule has 1 unspecified atom stereocenters. The molecule has 0 aromatic rings. The second-order valence-electron chi connectivity index (χ2n) is 7.75. The predicted octanol–water partition coefficient (Wildman–Crippen LogP) is 3.49. The number of nitrogens with one attached hydrogen (secondary N) is 2. The molecular weight excluding hydrogens is 248 g/mol. The van der Waals surface area contributed by atoms with Crippen LogP contribution in [0.3, 0.4) is 0 Å². The predicted molar refractivity (Wildman–Crippen MR) is 85.7 cm³/mol. The fourth-order valence-electron chi connectivity index (χ4n) is 3.45. The van der Waals surface area contributed by atoms with E-state index in [1.807, 2.05) is 0 Å². The number of rotatable bonds is 6. The number of hydrogen-bond acceptors (Lipinski definition) is 2. The molecule has 1 rings (SSSR count). The minimum absolute atomic E-state index is 0.244. The molecule has 0 radical (unpaired) electrons. The summed E-state index contributed by atoms with van der Waals surface area (Å²) in [4.78, 5) is 12.1. The van der Waals surface area contributed by atoms with Crippen LogP contribution in [0.25, 0.3) is 0 Å². The second-order valence-corrected chi connectivity index (χ2v) is 7.75. The molecule has 1 saturated carbocycles. The normalized spacial score (nSPS) is 25.2. The van der Waals surface area contributed by atoms with E-state index in [2.05, 4.69) is 45.3 Å². The molecule has 1 amide bonds. The van der Waals surface area contributed by atoms with E-state index in [-0.39, 0.29) is 5.91 Å². The smallest absolute Gasteiger partial charge is 0.220 e. The molecule has 3 heteroatoms. The minimum atomic E-state index is 0.244. The van der Waals surface area contributed by atoms with Gasteiger partial charge in [0.25, 0.3) is 0 Å². The SMILES string of the molecule is CCNC1CCC(NC(=O)CC(C)CC(C)(C)C)CC1. The van der Waals surface area contributed by atoms with Crippen LogP contribution in [-0.2, 0) is 4.79 Å². The van der Waals surface area contributed by atoms with E-state index >= 15 is 0 Å². The third-order valence-corrected chi connectivity index (χ3v) is 4.08. The van der Waals surface area contributed by atoms with Crippen LogP contribution in [0, 0.1) is 11.3 Å². The Labute approximate surface area is 125 Å². The van der Waals surface area contributed by atoms with Crippen molar-refractivity contribution >= 4 is 5.91 Å². The first-order valence-corrected chi connectivity index (χ1v) is 8.33. The first kappa shape index (κ1) is 17.5. The average molecular weight is 282 g/mol. The Balaban J connectivity index is 2.23. The summed E-state index contributed by atoms with van der Waals surface area (Å²) in [6.45, 7) is 12.1. The van der Waals surface area contributed by atoms with Gasteiger partial charge in [0.1, 0.15) is 0 Å². The summed E-state index contributed by atoms with van der Waals surface area (Å²) in [6, 6.07) is 1.06. The first-order chi connectivity index (χ1) is 9.30. The summed E-state index contributed by atoms with van der Waals surface area (Å²) >= 11 is 0. The molecule has 1 fully saturated rings. The third-order valence-electron chi connectivity index (χ3n) is 4.08. The summed E-state index contributed by atoms with van der Waals surface area (Å²) in [6.07, 6.45) is 6.40. The zero-order valence-electron chi connectivity index (χ0n) is 14.1. The summed E-state index contributed by atoms with van der Waals surface area (Å²) < 4.78 is 0. The summed E-state index contributed by atoms with van der Waals surface area (Å²) in [5, 5.41) is 6.74. The Bertz CT molecular complexity index is 288. The molecule has 0 saturated heterocycles. The van der Waals surface area contributed by atoms with Crippen LogP contribution in [0.1, 0.15) is 73.1 Å². The van der Waals surface area contributed by atoms with Gasteiger partial charge in [0.2, 0.25) is 5.91 Å². The third kappa shape index (κ3) is 7.28. The Hall–Kier alpha value is -0.570. The van der Waals surface area contributed by atoms with Crippen LogP contribution in [0.4, 0.5) is 0 Å². The van der Waals surface area contributed by atoms with E-state index in [1.54, 1.807) is 0 Å². The van der Waals surface area contributed by atoms with Crippen molar-refractivity contribution in [3.63, 3.8) is 0 Å². The highest BCUT2D eigenvalue weighted by atomic mass is 16.1. The molecule has 1 atom stereocenters. The molecule has 0 heterocycles. The molecule has 0 spiro atoms. The lowest BCUT2D eigenvalue weighted by Crippen LogP contribution is -2.42. The van der Waals surface area contributed by atoms with Gasteiger partial charge in [-0.2, -0.15) is 0 Å². The van der Waals surface area contributed by atoms with E-state index in [9.17, 15) is 4.79 Å². The van der Waals surface area contributed by atoms with Crippen LogP contribution in [-0.4, -0.2) is 24.5 Å². The Morgan fingerprint density at radius 2 is 1.70 bits per heavy atom. The lowest BCUT2D eigenvalue weighted by molar-refractivity contribution is -0.123. The Morgan fingerprint density at radius 1 is 1.15 bits per heavy atom. The first-order valence-electron chi connectivity index (χ1n) is 8.33. The molecule has 0 aromatic heterocycles. The van der Waals surface area contributed by atoms with Crippen molar-refractivity contribution in [1.29, 1.82) is 0 Å². The van der Waals surface area contributed by atoms with Crippen molar-refractivity contribution in [2.24, 2.45) is 11.3 Å². The maximum absolute atomic E-state index is 12.1. The fourth-order valence-corrected chi connectivity index (χ4v) is 3.45. The lowest BCUT2D eigenvalue weighted by Gasteiger charge is -2.30. The van der Waals surface area contributed by atoms with Crippen molar-refractivity contribution in [2.45, 2.75) is 85.2 Å². The van der Waals surface area contributed by atoms with E-state index in [0.29, 0.717) is 29.8 Å². The summed E-state index contributed by atoms with van der Waals surface area (Å²) in [7, 11) is 0. The minimum Gasteiger partial charge on any atom is -0.353 e. The molecule has 1 aliphatic carbocycles. The van der Waals surface area contributed by atoms with Crippen molar-refractivity contribution < 1.29 is 4.79 Å². The van der Waals surface area contributed by atoms with Crippen LogP contribution < -0.4 is 10.6 Å².